The number of halogens is 1. The van der Waals surface area contributed by atoms with Crippen LogP contribution < -0.4 is 15.0 Å². The fourth-order valence-corrected chi connectivity index (χ4v) is 1.79. The second kappa shape index (κ2) is 4.38. The second-order valence-electron chi connectivity index (χ2n) is 3.33. The quantitative estimate of drug-likeness (QED) is 0.791. The summed E-state index contributed by atoms with van der Waals surface area (Å²) in [5.41, 5.74) is 3.66. The molecular formula is C11H17FN2O. The molecule has 0 amide bonds. The minimum Gasteiger partial charge on any atom is -0.494 e. The van der Waals surface area contributed by atoms with Crippen LogP contribution in [-0.4, -0.2) is 20.2 Å². The van der Waals surface area contributed by atoms with Crippen LogP contribution in [0, 0.1) is 0 Å². The Morgan fingerprint density at radius 2 is 1.87 bits per heavy atom. The molecule has 0 unspecified atom stereocenters. The molecule has 1 aromatic carbocycles. The predicted molar refractivity (Wildman–Crippen MR) is 62.3 cm³/mol. The second-order valence-corrected chi connectivity index (χ2v) is 3.33. The number of hydrogen-bond acceptors (Lipinski definition) is 3. The number of rotatable bonds is 4. The Hall–Kier alpha value is -1.45. The van der Waals surface area contributed by atoms with Gasteiger partial charge in [-0.05, 0) is 26.0 Å². The van der Waals surface area contributed by atoms with Gasteiger partial charge < -0.3 is 15.0 Å². The van der Waals surface area contributed by atoms with E-state index in [1.165, 1.54) is 11.4 Å². The van der Waals surface area contributed by atoms with Crippen molar-refractivity contribution in [2.24, 2.45) is 0 Å². The molecule has 1 N–H and O–H groups in total. The third-order valence-corrected chi connectivity index (χ3v) is 2.66. The molecule has 4 heteroatoms. The summed E-state index contributed by atoms with van der Waals surface area (Å²) in [4.78, 5) is 2.33. The molecule has 84 valence electrons. The van der Waals surface area contributed by atoms with Gasteiger partial charge in [-0.15, -0.1) is 0 Å². The van der Waals surface area contributed by atoms with Gasteiger partial charge in [0, 0.05) is 13.1 Å². The first kappa shape index (κ1) is 11.6. The maximum atomic E-state index is 5.22. The highest BCUT2D eigenvalue weighted by molar-refractivity contribution is 6.03. The summed E-state index contributed by atoms with van der Waals surface area (Å²) in [7, 11) is 1.70. The van der Waals surface area contributed by atoms with Crippen molar-refractivity contribution in [3.05, 3.63) is 12.1 Å². The number of ether oxygens (including phenoxy) is 1. The van der Waals surface area contributed by atoms with E-state index < -0.39 is 0 Å². The average Bonchev–Trinajstić information content (AvgIpc) is 2.99. The lowest BCUT2D eigenvalue weighted by molar-refractivity contribution is 0.418. The van der Waals surface area contributed by atoms with Gasteiger partial charge in [-0.25, -0.2) is 0 Å². The number of hydrogen-bond donors (Lipinski definition) is 1. The zero-order valence-corrected chi connectivity index (χ0v) is 9.33. The third-order valence-electron chi connectivity index (χ3n) is 2.66. The van der Waals surface area contributed by atoms with Crippen LogP contribution in [0.15, 0.2) is 12.1 Å². The van der Waals surface area contributed by atoms with Gasteiger partial charge in [-0.1, -0.05) is 0 Å². The van der Waals surface area contributed by atoms with Crippen LogP contribution in [0.4, 0.5) is 21.8 Å². The van der Waals surface area contributed by atoms with Crippen molar-refractivity contribution in [1.29, 1.82) is 0 Å². The van der Waals surface area contributed by atoms with Crippen molar-refractivity contribution in [2.75, 3.05) is 30.4 Å². The van der Waals surface area contributed by atoms with E-state index in [9.17, 15) is 0 Å². The minimum atomic E-state index is 0. The lowest BCUT2D eigenvalue weighted by Crippen LogP contribution is -2.21. The molecule has 0 saturated heterocycles. The van der Waals surface area contributed by atoms with E-state index in [-0.39, 0.29) is 4.70 Å². The van der Waals surface area contributed by atoms with Gasteiger partial charge in [0.25, 0.3) is 0 Å². The maximum absolute atomic E-state index is 5.22. The number of benzene rings is 1. The SMILES string of the molecule is CCN(CC)c1ccc(OC)c2c1N2.F. The topological polar surface area (TPSA) is 34.4 Å². The standard InChI is InChI=1S/C11H16N2O.FH/c1-4-13(5-2)8-6-7-9(14-3)11-10(8)12-11;/h6-7,12H,4-5H2,1-3H3;1H. The van der Waals surface area contributed by atoms with Gasteiger partial charge in [0.1, 0.15) is 11.4 Å². The third kappa shape index (κ3) is 1.84. The van der Waals surface area contributed by atoms with Crippen LogP contribution >= 0.6 is 0 Å². The van der Waals surface area contributed by atoms with Gasteiger partial charge >= 0.3 is 0 Å². The summed E-state index contributed by atoms with van der Waals surface area (Å²) >= 11 is 0. The van der Waals surface area contributed by atoms with Gasteiger partial charge in [0.2, 0.25) is 0 Å². The number of fused-ring (bicyclic) bond motifs is 1. The molecule has 1 aromatic rings. The van der Waals surface area contributed by atoms with E-state index >= 15 is 0 Å². The van der Waals surface area contributed by atoms with E-state index in [0.717, 1.165) is 24.5 Å². The Labute approximate surface area is 89.4 Å². The molecule has 1 aliphatic rings. The summed E-state index contributed by atoms with van der Waals surface area (Å²) in [5.74, 6) is 0.941. The highest BCUT2D eigenvalue weighted by atomic mass is 19.0. The van der Waals surface area contributed by atoms with Crippen molar-refractivity contribution in [3.63, 3.8) is 0 Å². The number of methoxy groups -OCH3 is 1. The van der Waals surface area contributed by atoms with Crippen molar-refractivity contribution >= 4 is 17.1 Å². The molecular weight excluding hydrogens is 195 g/mol. The van der Waals surface area contributed by atoms with Gasteiger partial charge in [-0.3, -0.25) is 4.70 Å². The number of nitrogens with zero attached hydrogens (tertiary/aromatic N) is 1. The van der Waals surface area contributed by atoms with Gasteiger partial charge in [0.15, 0.2) is 0 Å². The van der Waals surface area contributed by atoms with Gasteiger partial charge in [0.05, 0.1) is 18.5 Å². The minimum absolute atomic E-state index is 0. The predicted octanol–water partition coefficient (Wildman–Crippen LogP) is 2.75. The molecule has 0 aliphatic carbocycles. The summed E-state index contributed by atoms with van der Waals surface area (Å²) in [6, 6.07) is 4.14. The smallest absolute Gasteiger partial charge is 0.144 e. The van der Waals surface area contributed by atoms with Gasteiger partial charge in [-0.2, -0.15) is 0 Å². The van der Waals surface area contributed by atoms with E-state index in [1.807, 2.05) is 6.07 Å². The Morgan fingerprint density at radius 3 is 2.40 bits per heavy atom. The summed E-state index contributed by atoms with van der Waals surface area (Å²) in [5, 5.41) is 3.26. The zero-order valence-electron chi connectivity index (χ0n) is 9.33. The molecule has 1 heterocycles. The lowest BCUT2D eigenvalue weighted by Gasteiger charge is -2.20. The van der Waals surface area contributed by atoms with Crippen LogP contribution in [0.5, 0.6) is 5.75 Å². The summed E-state index contributed by atoms with van der Waals surface area (Å²) in [6.45, 7) is 6.42. The molecule has 1 aliphatic heterocycles. The highest BCUT2D eigenvalue weighted by Gasteiger charge is 2.27. The van der Waals surface area contributed by atoms with Crippen molar-refractivity contribution in [2.45, 2.75) is 13.8 Å². The Balaban J connectivity index is 0.00000112. The van der Waals surface area contributed by atoms with Crippen LogP contribution in [-0.2, 0) is 0 Å². The first-order valence-electron chi connectivity index (χ1n) is 5.04. The van der Waals surface area contributed by atoms with Crippen molar-refractivity contribution in [3.8, 4) is 5.75 Å². The molecule has 0 saturated carbocycles. The first-order chi connectivity index (χ1) is 6.81. The molecule has 2 rings (SSSR count). The molecule has 0 radical (unpaired) electrons. The highest BCUT2D eigenvalue weighted by Crippen LogP contribution is 2.52. The molecule has 0 bridgehead atoms. The molecule has 0 spiro atoms. The van der Waals surface area contributed by atoms with Crippen LogP contribution in [0.25, 0.3) is 0 Å². The molecule has 15 heavy (non-hydrogen) atoms. The molecule has 0 fully saturated rings. The first-order valence-corrected chi connectivity index (χ1v) is 5.04. The fourth-order valence-electron chi connectivity index (χ4n) is 1.79. The van der Waals surface area contributed by atoms with Crippen LogP contribution in [0.3, 0.4) is 0 Å². The maximum Gasteiger partial charge on any atom is 0.144 e. The van der Waals surface area contributed by atoms with Crippen LogP contribution in [0.2, 0.25) is 0 Å². The summed E-state index contributed by atoms with van der Waals surface area (Å²) < 4.78 is 5.22. The number of nitrogens with one attached hydrogen (secondary N) is 1. The monoisotopic (exact) mass is 212 g/mol. The normalized spacial score (nSPS) is 10.9. The fraction of sp³-hybridized carbons (Fsp3) is 0.455. The number of anilines is 3. The molecule has 0 aromatic heterocycles. The Kier molecular flexibility index (Phi) is 3.39. The van der Waals surface area contributed by atoms with E-state index in [0.29, 0.717) is 0 Å². The lowest BCUT2D eigenvalue weighted by atomic mass is 10.2. The molecule has 3 nitrogen and oxygen atoms in total. The van der Waals surface area contributed by atoms with E-state index in [4.69, 9.17) is 4.74 Å². The zero-order chi connectivity index (χ0) is 10.1. The average molecular weight is 212 g/mol. The Bertz CT molecular complexity index is 351. The van der Waals surface area contributed by atoms with E-state index in [1.54, 1.807) is 7.11 Å². The van der Waals surface area contributed by atoms with E-state index in [2.05, 4.69) is 30.1 Å². The van der Waals surface area contributed by atoms with Crippen molar-refractivity contribution < 1.29 is 9.44 Å². The Morgan fingerprint density at radius 1 is 1.20 bits per heavy atom. The summed E-state index contributed by atoms with van der Waals surface area (Å²) in [6.07, 6.45) is 0. The molecule has 0 atom stereocenters. The van der Waals surface area contributed by atoms with Crippen LogP contribution in [0.1, 0.15) is 13.8 Å². The van der Waals surface area contributed by atoms with Crippen molar-refractivity contribution in [1.82, 2.24) is 0 Å². The largest absolute Gasteiger partial charge is 0.494 e.